The summed E-state index contributed by atoms with van der Waals surface area (Å²) in [4.78, 5) is 15.9. The number of hydrogen-bond acceptors (Lipinski definition) is 4. The molecule has 2 N–H and O–H groups in total. The fourth-order valence-electron chi connectivity index (χ4n) is 1.63. The molecule has 1 aromatic rings. The zero-order valence-electron chi connectivity index (χ0n) is 13.3. The summed E-state index contributed by atoms with van der Waals surface area (Å²) in [5.74, 6) is -0.831. The van der Waals surface area contributed by atoms with Crippen molar-refractivity contribution in [1.82, 2.24) is 5.43 Å². The van der Waals surface area contributed by atoms with Gasteiger partial charge in [-0.05, 0) is 31.5 Å². The summed E-state index contributed by atoms with van der Waals surface area (Å²) in [6.07, 6.45) is -2.86. The molecular formula is C15H19ClF3N3O2. The van der Waals surface area contributed by atoms with E-state index in [1.807, 2.05) is 6.92 Å². The molecular weight excluding hydrogens is 347 g/mol. The molecule has 0 heterocycles. The summed E-state index contributed by atoms with van der Waals surface area (Å²) in [5, 5.41) is 0.0623. The van der Waals surface area contributed by atoms with E-state index in [-0.39, 0.29) is 23.2 Å². The van der Waals surface area contributed by atoms with Gasteiger partial charge in [-0.2, -0.15) is 13.2 Å². The van der Waals surface area contributed by atoms with E-state index in [1.165, 1.54) is 0 Å². The van der Waals surface area contributed by atoms with Crippen molar-refractivity contribution < 1.29 is 22.7 Å². The fourth-order valence-corrected chi connectivity index (χ4v) is 1.79. The molecule has 5 nitrogen and oxygen atoms in total. The molecule has 0 saturated heterocycles. The van der Waals surface area contributed by atoms with Crippen LogP contribution in [0, 0.1) is 0 Å². The Hall–Kier alpha value is -1.96. The van der Waals surface area contributed by atoms with Gasteiger partial charge in [0.25, 0.3) is 0 Å². The highest BCUT2D eigenvalue weighted by Crippen LogP contribution is 2.33. The molecule has 0 bridgehead atoms. The third-order valence-electron chi connectivity index (χ3n) is 2.86. The highest BCUT2D eigenvalue weighted by Gasteiger charge is 2.31. The number of esters is 1. The second-order valence-corrected chi connectivity index (χ2v) is 5.15. The zero-order valence-corrected chi connectivity index (χ0v) is 14.1. The Morgan fingerprint density at radius 1 is 1.33 bits per heavy atom. The predicted octanol–water partition coefficient (Wildman–Crippen LogP) is 4.04. The number of benzene rings is 1. The lowest BCUT2D eigenvalue weighted by Crippen LogP contribution is -2.37. The number of nitrogens with one attached hydrogen (secondary N) is 2. The number of alkyl halides is 3. The van der Waals surface area contributed by atoms with E-state index in [4.69, 9.17) is 16.3 Å². The van der Waals surface area contributed by atoms with Crippen molar-refractivity contribution in [2.24, 2.45) is 4.99 Å². The Morgan fingerprint density at radius 3 is 2.62 bits per heavy atom. The number of halogens is 4. The summed E-state index contributed by atoms with van der Waals surface area (Å²) < 4.78 is 43.1. The van der Waals surface area contributed by atoms with Crippen LogP contribution in [0.3, 0.4) is 0 Å². The Bertz CT molecular complexity index is 592. The Kier molecular flexibility index (Phi) is 7.84. The van der Waals surface area contributed by atoms with E-state index in [0.717, 1.165) is 31.0 Å². The summed E-state index contributed by atoms with van der Waals surface area (Å²) in [7, 11) is 0. The van der Waals surface area contributed by atoms with Crippen molar-refractivity contribution in [1.29, 1.82) is 0 Å². The third-order valence-corrected chi connectivity index (χ3v) is 3.19. The fraction of sp³-hybridized carbons (Fsp3) is 0.467. The Balaban J connectivity index is 2.89. The normalized spacial score (nSPS) is 12.0. The lowest BCUT2D eigenvalue weighted by Gasteiger charge is -2.14. The first-order chi connectivity index (χ1) is 11.3. The molecule has 0 aromatic heterocycles. The molecule has 0 aliphatic carbocycles. The summed E-state index contributed by atoms with van der Waals surface area (Å²) in [5.41, 5.74) is 4.06. The number of rotatable bonds is 6. The van der Waals surface area contributed by atoms with E-state index < -0.39 is 17.7 Å². The van der Waals surface area contributed by atoms with E-state index >= 15 is 0 Å². The van der Waals surface area contributed by atoms with Crippen molar-refractivity contribution in [2.75, 3.05) is 18.6 Å². The Labute approximate surface area is 143 Å². The number of anilines is 1. The molecule has 0 fully saturated rings. The molecule has 0 saturated carbocycles. The number of carbonyl (C=O) groups excluding carboxylic acids is 1. The van der Waals surface area contributed by atoms with Gasteiger partial charge >= 0.3 is 12.1 Å². The molecule has 0 radical (unpaired) electrons. The number of hydrogen-bond donors (Lipinski definition) is 2. The minimum Gasteiger partial charge on any atom is -0.460 e. The van der Waals surface area contributed by atoms with Gasteiger partial charge in [0, 0.05) is 6.54 Å². The minimum absolute atomic E-state index is 0.0287. The van der Waals surface area contributed by atoms with Gasteiger partial charge in [-0.15, -0.1) is 0 Å². The Morgan fingerprint density at radius 2 is 2.04 bits per heavy atom. The van der Waals surface area contributed by atoms with Crippen LogP contribution >= 0.6 is 11.6 Å². The molecule has 1 aromatic carbocycles. The monoisotopic (exact) mass is 365 g/mol. The van der Waals surface area contributed by atoms with Crippen molar-refractivity contribution >= 4 is 29.1 Å². The molecule has 0 aliphatic rings. The van der Waals surface area contributed by atoms with Crippen LogP contribution in [0.1, 0.15) is 32.3 Å². The first-order valence-corrected chi connectivity index (χ1v) is 7.77. The predicted molar refractivity (Wildman–Crippen MR) is 87.1 cm³/mol. The van der Waals surface area contributed by atoms with Gasteiger partial charge in [0.15, 0.2) is 0 Å². The quantitative estimate of drug-likeness (QED) is 0.262. The standard InChI is InChI=1S/C15H19ClF3N3O2/c1-3-5-8-20-13(14(23)24-4-2)22-21-12-9-10(15(17,18)19)6-7-11(12)16/h6-7,9,21H,3-5,8H2,1-2H3,(H,20,22). The van der Waals surface area contributed by atoms with Gasteiger partial charge in [0.2, 0.25) is 5.84 Å². The maximum atomic E-state index is 12.7. The smallest absolute Gasteiger partial charge is 0.416 e. The van der Waals surface area contributed by atoms with Crippen LogP contribution in [-0.2, 0) is 15.7 Å². The molecule has 0 amide bonds. The molecule has 134 valence electrons. The number of amidine groups is 1. The number of nitrogens with zero attached hydrogens (tertiary/aromatic N) is 1. The molecule has 1 rings (SSSR count). The minimum atomic E-state index is -4.50. The van der Waals surface area contributed by atoms with Gasteiger partial charge < -0.3 is 4.74 Å². The van der Waals surface area contributed by atoms with Crippen LogP contribution in [0.5, 0.6) is 0 Å². The van der Waals surface area contributed by atoms with E-state index in [2.05, 4.69) is 15.8 Å². The van der Waals surface area contributed by atoms with Gasteiger partial charge in [0.1, 0.15) is 0 Å². The number of ether oxygens (including phenoxy) is 1. The number of unbranched alkanes of at least 4 members (excludes halogenated alkanes) is 1. The summed E-state index contributed by atoms with van der Waals surface area (Å²) in [6.45, 7) is 4.14. The lowest BCUT2D eigenvalue weighted by molar-refractivity contribution is -0.137. The highest BCUT2D eigenvalue weighted by atomic mass is 35.5. The van der Waals surface area contributed by atoms with Crippen molar-refractivity contribution in [3.63, 3.8) is 0 Å². The molecule has 0 spiro atoms. The van der Waals surface area contributed by atoms with Crippen molar-refractivity contribution in [2.45, 2.75) is 32.9 Å². The van der Waals surface area contributed by atoms with Crippen LogP contribution in [0.4, 0.5) is 18.9 Å². The maximum Gasteiger partial charge on any atom is 0.416 e. The van der Waals surface area contributed by atoms with E-state index in [1.54, 1.807) is 6.92 Å². The largest absolute Gasteiger partial charge is 0.460 e. The average Bonchev–Trinajstić information content (AvgIpc) is 2.51. The second kappa shape index (κ2) is 9.36. The van der Waals surface area contributed by atoms with Gasteiger partial charge in [0.05, 0.1) is 22.9 Å². The highest BCUT2D eigenvalue weighted by molar-refractivity contribution is 6.36. The van der Waals surface area contributed by atoms with Crippen LogP contribution < -0.4 is 10.9 Å². The molecule has 0 aliphatic heterocycles. The number of hydrazine groups is 1. The van der Waals surface area contributed by atoms with Crippen molar-refractivity contribution in [3.8, 4) is 0 Å². The van der Waals surface area contributed by atoms with Crippen LogP contribution in [0.2, 0.25) is 5.02 Å². The van der Waals surface area contributed by atoms with Crippen LogP contribution in [-0.4, -0.2) is 25.0 Å². The molecule has 24 heavy (non-hydrogen) atoms. The van der Waals surface area contributed by atoms with E-state index in [9.17, 15) is 18.0 Å². The summed E-state index contributed by atoms with van der Waals surface area (Å²) in [6, 6.07) is 2.83. The number of carbonyl (C=O) groups is 1. The average molecular weight is 366 g/mol. The summed E-state index contributed by atoms with van der Waals surface area (Å²) >= 11 is 5.87. The molecule has 0 unspecified atom stereocenters. The van der Waals surface area contributed by atoms with Crippen molar-refractivity contribution in [3.05, 3.63) is 28.8 Å². The maximum absolute atomic E-state index is 12.7. The first-order valence-electron chi connectivity index (χ1n) is 7.39. The van der Waals surface area contributed by atoms with Crippen LogP contribution in [0.25, 0.3) is 0 Å². The topological polar surface area (TPSA) is 62.7 Å². The molecule has 0 atom stereocenters. The lowest BCUT2D eigenvalue weighted by atomic mass is 10.2. The zero-order chi connectivity index (χ0) is 18.2. The molecule has 9 heteroatoms. The van der Waals surface area contributed by atoms with E-state index in [0.29, 0.717) is 6.54 Å². The van der Waals surface area contributed by atoms with Gasteiger partial charge in [-0.1, -0.05) is 24.9 Å². The first kappa shape index (κ1) is 20.1. The third kappa shape index (κ3) is 6.27. The number of aliphatic imine (C=N–C) groups is 1. The van der Waals surface area contributed by atoms with Crippen LogP contribution in [0.15, 0.2) is 23.2 Å². The van der Waals surface area contributed by atoms with Gasteiger partial charge in [-0.3, -0.25) is 15.8 Å². The second-order valence-electron chi connectivity index (χ2n) is 4.75. The SMILES string of the molecule is CCCCN=C(NNc1cc(C(F)(F)F)ccc1Cl)C(=O)OCC. The van der Waals surface area contributed by atoms with Gasteiger partial charge in [-0.25, -0.2) is 4.79 Å².